The monoisotopic (exact) mass is 570 g/mol. The van der Waals surface area contributed by atoms with Gasteiger partial charge in [-0.2, -0.15) is 0 Å². The fraction of sp³-hybridized carbons (Fsp3) is 0.600. The molecule has 0 aromatic rings. The Bertz CT molecular complexity index is 197. The van der Waals surface area contributed by atoms with Crippen LogP contribution in [0.2, 0.25) is 7.85 Å². The summed E-state index contributed by atoms with van der Waals surface area (Å²) in [4.78, 5) is 0. The summed E-state index contributed by atoms with van der Waals surface area (Å²) in [6.07, 6.45) is 13.5. The summed E-state index contributed by atoms with van der Waals surface area (Å²) in [5.41, 5.74) is 0. The van der Waals surface area contributed by atoms with Crippen molar-refractivity contribution in [3.63, 3.8) is 0 Å². The number of hydrogen-bond donors (Lipinski definition) is 0. The van der Waals surface area contributed by atoms with Crippen molar-refractivity contribution in [2.45, 2.75) is 34.0 Å². The van der Waals surface area contributed by atoms with Gasteiger partial charge in [-0.05, 0) is 0 Å². The predicted molar refractivity (Wildman–Crippen MR) is 74.4 cm³/mol. The zero-order chi connectivity index (χ0) is 9.73. The fourth-order valence-corrected chi connectivity index (χ4v) is 21.1. The molecular weight excluding hydrogens is 552 g/mol. The van der Waals surface area contributed by atoms with Crippen LogP contribution in [-0.2, 0) is 11.7 Å². The molecule has 0 heterocycles. The number of hydrogen-bond acceptors (Lipinski definition) is 0. The van der Waals surface area contributed by atoms with Crippen molar-refractivity contribution in [1.29, 1.82) is 0 Å². The van der Waals surface area contributed by atoms with E-state index in [1.165, 1.54) is 19.3 Å². The Kier molecular flexibility index (Phi) is 6.34. The van der Waals surface area contributed by atoms with Crippen molar-refractivity contribution >= 4 is 36.3 Å². The Hall–Kier alpha value is 1.81. The minimum atomic E-state index is -1.90. The maximum atomic E-state index is 2.82. The van der Waals surface area contributed by atoms with E-state index in [2.05, 4.69) is 67.5 Å². The van der Waals surface area contributed by atoms with Crippen molar-refractivity contribution in [3.8, 4) is 0 Å². The number of halogens is 2. The fourth-order valence-electron chi connectivity index (χ4n) is 1.49. The first-order chi connectivity index (χ1) is 6.17. The molecule has 0 N–H and O–H groups in total. The van der Waals surface area contributed by atoms with Crippen molar-refractivity contribution in [2.75, 3.05) is 0 Å². The topological polar surface area (TPSA) is 0 Å². The van der Waals surface area contributed by atoms with Crippen LogP contribution < -0.4 is 0 Å². The molecule has 0 fully saturated rings. The van der Waals surface area contributed by atoms with E-state index < -0.39 is 11.7 Å². The molecule has 0 aromatic carbocycles. The molecule has 0 unspecified atom stereocenters. The van der Waals surface area contributed by atoms with Gasteiger partial charge in [0, 0.05) is 0 Å². The van der Waals surface area contributed by atoms with Gasteiger partial charge in [0.2, 0.25) is 0 Å². The van der Waals surface area contributed by atoms with Gasteiger partial charge in [-0.3, -0.25) is 0 Å². The average Bonchev–Trinajstić information content (AvgIpc) is 2.56. The Morgan fingerprint density at radius 3 is 2.31 bits per heavy atom. The molecule has 0 spiro atoms. The quantitative estimate of drug-likeness (QED) is 0.238. The Morgan fingerprint density at radius 2 is 1.77 bits per heavy atom. The second kappa shape index (κ2) is 6.41. The molecule has 1 rings (SSSR count). The normalized spacial score (nSPS) is 17.2. The molecule has 0 radical (unpaired) electrons. The van der Waals surface area contributed by atoms with Crippen LogP contribution in [0.1, 0.15) is 26.2 Å². The van der Waals surface area contributed by atoms with Crippen LogP contribution in [0, 0.1) is 0 Å². The summed E-state index contributed by atoms with van der Waals surface area (Å²) in [5, 5.41) is 0. The molecule has 1 aliphatic rings. The van der Waals surface area contributed by atoms with Gasteiger partial charge in [0.05, 0.1) is 0 Å². The van der Waals surface area contributed by atoms with Crippen LogP contribution in [0.5, 0.6) is 0 Å². The van der Waals surface area contributed by atoms with Gasteiger partial charge in [0.1, 0.15) is 0 Å². The predicted octanol–water partition coefficient (Wildman–Crippen LogP) is 5.36. The molecule has 1 aliphatic carbocycles. The number of rotatable bonds is 5. The van der Waals surface area contributed by atoms with Crippen LogP contribution >= 0.6 is 36.3 Å². The van der Waals surface area contributed by atoms with Crippen LogP contribution in [0.4, 0.5) is 0 Å². The van der Waals surface area contributed by atoms with E-state index in [1.54, 1.807) is 4.18 Å². The third kappa shape index (κ3) is 4.45. The van der Waals surface area contributed by atoms with Crippen LogP contribution in [-0.4, -0.2) is 0 Å². The Labute approximate surface area is 104 Å². The van der Waals surface area contributed by atoms with Crippen molar-refractivity contribution in [1.82, 2.24) is 0 Å². The van der Waals surface area contributed by atoms with Crippen LogP contribution in [0.3, 0.4) is 0 Å². The summed E-state index contributed by atoms with van der Waals surface area (Å²) in [7, 11) is 0. The van der Waals surface area contributed by atoms with E-state index in [4.69, 9.17) is 0 Å². The second-order valence-corrected chi connectivity index (χ2v) is 61.6. The molecule has 0 atom stereocenters. The Balaban J connectivity index is 2.36. The summed E-state index contributed by atoms with van der Waals surface area (Å²) in [6.45, 7) is 2.29. The van der Waals surface area contributed by atoms with Gasteiger partial charge in [0.15, 0.2) is 0 Å². The van der Waals surface area contributed by atoms with E-state index in [1.807, 2.05) is 0 Å². The van der Waals surface area contributed by atoms with Gasteiger partial charge >= 0.3 is 106 Å². The van der Waals surface area contributed by atoms with Gasteiger partial charge in [-0.1, -0.05) is 0 Å². The van der Waals surface area contributed by atoms with Gasteiger partial charge < -0.3 is 0 Å². The standard InChI is InChI=1S/C5H5.C5H11.Hf.2HI/c1-2-4-5-3-1;1-3-5-4-2;;;/h1-5H;1,3-5H2,2H3;;2*1H/q;;+2;;/p-2. The number of allylic oxidation sites excluding steroid dienone is 4. The molecule has 0 aliphatic heterocycles. The summed E-state index contributed by atoms with van der Waals surface area (Å²) in [5.74, 6) is 0. The zero-order valence-electron chi connectivity index (χ0n) is 7.97. The summed E-state index contributed by atoms with van der Waals surface area (Å²) < 4.78 is 2.41. The van der Waals surface area contributed by atoms with Crippen molar-refractivity contribution in [2.24, 2.45) is 0 Å². The third-order valence-electron chi connectivity index (χ3n) is 2.35. The third-order valence-corrected chi connectivity index (χ3v) is 31.5. The van der Waals surface area contributed by atoms with Crippen molar-refractivity contribution in [3.05, 3.63) is 24.3 Å². The van der Waals surface area contributed by atoms with E-state index in [0.29, 0.717) is 0 Å². The van der Waals surface area contributed by atoms with E-state index in [-0.39, 0.29) is 0 Å². The van der Waals surface area contributed by atoms with E-state index >= 15 is 0 Å². The summed E-state index contributed by atoms with van der Waals surface area (Å²) in [6, 6.07) is 0. The SMILES string of the molecule is CCCC[CH2][Hf]([I])([I])[CH]1C=CC=C1. The van der Waals surface area contributed by atoms with E-state index in [9.17, 15) is 0 Å². The van der Waals surface area contributed by atoms with E-state index in [0.717, 1.165) is 3.67 Å². The molecule has 0 bridgehead atoms. The minimum absolute atomic E-state index is 0.866. The zero-order valence-corrected chi connectivity index (χ0v) is 15.9. The molecule has 13 heavy (non-hydrogen) atoms. The molecule has 0 saturated carbocycles. The molecule has 0 amide bonds. The number of unbranched alkanes of at least 4 members (excludes halogenated alkanes) is 2. The molecule has 3 heteroatoms. The first-order valence-electron chi connectivity index (χ1n) is 4.89. The van der Waals surface area contributed by atoms with Crippen LogP contribution in [0.25, 0.3) is 0 Å². The molecular formula is C10H16HfI2. The second-order valence-electron chi connectivity index (χ2n) is 3.51. The molecule has 0 aromatic heterocycles. The van der Waals surface area contributed by atoms with Crippen molar-refractivity contribution < 1.29 is 11.7 Å². The first kappa shape index (κ1) is 12.9. The maximum absolute atomic E-state index is 2.82. The first-order valence-corrected chi connectivity index (χ1v) is 29.9. The average molecular weight is 569 g/mol. The van der Waals surface area contributed by atoms with Gasteiger partial charge in [0.25, 0.3) is 0 Å². The summed E-state index contributed by atoms with van der Waals surface area (Å²) >= 11 is 3.74. The molecule has 0 nitrogen and oxygen atoms in total. The van der Waals surface area contributed by atoms with Gasteiger partial charge in [-0.15, -0.1) is 0 Å². The molecule has 74 valence electrons. The van der Waals surface area contributed by atoms with Crippen LogP contribution in [0.15, 0.2) is 24.3 Å². The molecule has 0 saturated heterocycles. The Morgan fingerprint density at radius 1 is 1.15 bits per heavy atom. The van der Waals surface area contributed by atoms with Gasteiger partial charge in [-0.25, -0.2) is 0 Å².